The minimum absolute atomic E-state index is 0.128. The topological polar surface area (TPSA) is 98.5 Å². The Labute approximate surface area is 122 Å². The fourth-order valence-corrected chi connectivity index (χ4v) is 1.73. The number of nitrogens with one attached hydrogen (secondary N) is 1. The standard InChI is InChI=1S/C14H18N2O5/c1-3-21-13(17)5-4-8-15-14(18)12-9-11(16(19)20)7-6-10(12)2/h6-7,9H,3-5,8H2,1-2H3,(H,15,18). The summed E-state index contributed by atoms with van der Waals surface area (Å²) in [5.74, 6) is -0.696. The van der Waals surface area contributed by atoms with Crippen LogP contribution in [0.1, 0.15) is 35.7 Å². The number of carbonyl (C=O) groups excluding carboxylic acids is 2. The van der Waals surface area contributed by atoms with Crippen molar-refractivity contribution in [2.45, 2.75) is 26.7 Å². The van der Waals surface area contributed by atoms with Crippen molar-refractivity contribution in [3.05, 3.63) is 39.4 Å². The van der Waals surface area contributed by atoms with Crippen LogP contribution in [0.5, 0.6) is 0 Å². The first-order valence-electron chi connectivity index (χ1n) is 6.64. The molecule has 0 fully saturated rings. The molecular weight excluding hydrogens is 276 g/mol. The normalized spacial score (nSPS) is 10.0. The van der Waals surface area contributed by atoms with Gasteiger partial charge in [-0.3, -0.25) is 19.7 Å². The maximum Gasteiger partial charge on any atom is 0.305 e. The van der Waals surface area contributed by atoms with E-state index in [2.05, 4.69) is 5.32 Å². The molecule has 1 amide bonds. The van der Waals surface area contributed by atoms with E-state index in [1.54, 1.807) is 13.8 Å². The zero-order valence-corrected chi connectivity index (χ0v) is 12.0. The van der Waals surface area contributed by atoms with E-state index in [4.69, 9.17) is 4.74 Å². The maximum atomic E-state index is 12.0. The van der Waals surface area contributed by atoms with E-state index in [1.807, 2.05) is 0 Å². The van der Waals surface area contributed by atoms with E-state index in [0.717, 1.165) is 0 Å². The molecule has 7 heteroatoms. The second-order valence-corrected chi connectivity index (χ2v) is 4.42. The summed E-state index contributed by atoms with van der Waals surface area (Å²) in [5, 5.41) is 13.3. The molecule has 0 aliphatic rings. The predicted molar refractivity (Wildman–Crippen MR) is 76.0 cm³/mol. The summed E-state index contributed by atoms with van der Waals surface area (Å²) in [5.41, 5.74) is 0.793. The van der Waals surface area contributed by atoms with Crippen molar-refractivity contribution in [3.63, 3.8) is 0 Å². The molecule has 7 nitrogen and oxygen atoms in total. The molecule has 1 aromatic rings. The van der Waals surface area contributed by atoms with Gasteiger partial charge in [-0.25, -0.2) is 0 Å². The predicted octanol–water partition coefficient (Wildman–Crippen LogP) is 1.98. The molecule has 0 heterocycles. The number of hydrogen-bond acceptors (Lipinski definition) is 5. The lowest BCUT2D eigenvalue weighted by Gasteiger charge is -2.07. The molecule has 0 unspecified atom stereocenters. The molecule has 0 bridgehead atoms. The number of hydrogen-bond donors (Lipinski definition) is 1. The molecule has 0 saturated heterocycles. The molecule has 0 atom stereocenters. The lowest BCUT2D eigenvalue weighted by Crippen LogP contribution is -2.25. The lowest BCUT2D eigenvalue weighted by molar-refractivity contribution is -0.384. The molecule has 1 N–H and O–H groups in total. The lowest BCUT2D eigenvalue weighted by atomic mass is 10.1. The Kier molecular flexibility index (Phi) is 6.32. The number of benzene rings is 1. The molecule has 21 heavy (non-hydrogen) atoms. The monoisotopic (exact) mass is 294 g/mol. The van der Waals surface area contributed by atoms with Gasteiger partial charge in [0, 0.05) is 30.7 Å². The van der Waals surface area contributed by atoms with Gasteiger partial charge in [-0.15, -0.1) is 0 Å². The van der Waals surface area contributed by atoms with Crippen LogP contribution >= 0.6 is 0 Å². The molecule has 0 aliphatic heterocycles. The quantitative estimate of drug-likeness (QED) is 0.359. The third-order valence-corrected chi connectivity index (χ3v) is 2.83. The average molecular weight is 294 g/mol. The van der Waals surface area contributed by atoms with Crippen molar-refractivity contribution in [3.8, 4) is 0 Å². The van der Waals surface area contributed by atoms with Crippen LogP contribution in [0, 0.1) is 17.0 Å². The molecule has 0 radical (unpaired) electrons. The summed E-state index contributed by atoms with van der Waals surface area (Å²) in [6.07, 6.45) is 0.681. The SMILES string of the molecule is CCOC(=O)CCCNC(=O)c1cc([N+](=O)[O-])ccc1C. The van der Waals surface area contributed by atoms with E-state index < -0.39 is 4.92 Å². The highest BCUT2D eigenvalue weighted by atomic mass is 16.6. The second-order valence-electron chi connectivity index (χ2n) is 4.42. The van der Waals surface area contributed by atoms with Crippen LogP contribution in [-0.2, 0) is 9.53 Å². The largest absolute Gasteiger partial charge is 0.466 e. The number of amides is 1. The van der Waals surface area contributed by atoms with Crippen molar-refractivity contribution in [2.75, 3.05) is 13.2 Å². The average Bonchev–Trinajstić information content (AvgIpc) is 2.44. The molecule has 1 aromatic carbocycles. The van der Waals surface area contributed by atoms with Gasteiger partial charge in [0.1, 0.15) is 0 Å². The second kappa shape index (κ2) is 7.98. The minimum atomic E-state index is -0.545. The molecule has 0 saturated carbocycles. The fraction of sp³-hybridized carbons (Fsp3) is 0.429. The number of rotatable bonds is 7. The van der Waals surface area contributed by atoms with Crippen LogP contribution in [0.4, 0.5) is 5.69 Å². The third kappa shape index (κ3) is 5.21. The Morgan fingerprint density at radius 1 is 1.38 bits per heavy atom. The summed E-state index contributed by atoms with van der Waals surface area (Å²) < 4.78 is 4.77. The molecule has 1 rings (SSSR count). The molecule has 0 aromatic heterocycles. The Bertz CT molecular complexity index is 542. The first-order chi connectivity index (χ1) is 9.95. The Hall–Kier alpha value is -2.44. The van der Waals surface area contributed by atoms with Gasteiger partial charge in [0.15, 0.2) is 0 Å². The molecule has 0 aliphatic carbocycles. The van der Waals surface area contributed by atoms with E-state index in [1.165, 1.54) is 18.2 Å². The van der Waals surface area contributed by atoms with E-state index in [9.17, 15) is 19.7 Å². The van der Waals surface area contributed by atoms with Gasteiger partial charge in [-0.05, 0) is 25.8 Å². The van der Waals surface area contributed by atoms with Crippen LogP contribution in [0.15, 0.2) is 18.2 Å². The fourth-order valence-electron chi connectivity index (χ4n) is 1.73. The van der Waals surface area contributed by atoms with Crippen molar-refractivity contribution >= 4 is 17.6 Å². The molecular formula is C14H18N2O5. The minimum Gasteiger partial charge on any atom is -0.466 e. The summed E-state index contributed by atoms with van der Waals surface area (Å²) in [4.78, 5) is 33.2. The molecule has 114 valence electrons. The Balaban J connectivity index is 2.54. The van der Waals surface area contributed by atoms with E-state index in [-0.39, 0.29) is 29.5 Å². The number of nitro groups is 1. The zero-order chi connectivity index (χ0) is 15.8. The summed E-state index contributed by atoms with van der Waals surface area (Å²) in [6, 6.07) is 4.13. The van der Waals surface area contributed by atoms with Gasteiger partial charge >= 0.3 is 5.97 Å². The van der Waals surface area contributed by atoms with Crippen LogP contribution in [-0.4, -0.2) is 30.0 Å². The number of ether oxygens (including phenoxy) is 1. The number of esters is 1. The number of aryl methyl sites for hydroxylation is 1. The van der Waals surface area contributed by atoms with Crippen molar-refractivity contribution in [1.82, 2.24) is 5.32 Å². The van der Waals surface area contributed by atoms with Crippen molar-refractivity contribution in [2.24, 2.45) is 0 Å². The maximum absolute atomic E-state index is 12.0. The Morgan fingerprint density at radius 2 is 2.10 bits per heavy atom. The third-order valence-electron chi connectivity index (χ3n) is 2.83. The summed E-state index contributed by atoms with van der Waals surface area (Å²) >= 11 is 0. The van der Waals surface area contributed by atoms with Gasteiger partial charge in [-0.2, -0.15) is 0 Å². The summed E-state index contributed by atoms with van der Waals surface area (Å²) in [7, 11) is 0. The number of nitrogens with zero attached hydrogens (tertiary/aromatic N) is 1. The van der Waals surface area contributed by atoms with Crippen molar-refractivity contribution < 1.29 is 19.2 Å². The Morgan fingerprint density at radius 3 is 2.71 bits per heavy atom. The highest BCUT2D eigenvalue weighted by molar-refractivity contribution is 5.96. The first kappa shape index (κ1) is 16.6. The number of carbonyl (C=O) groups is 2. The van der Waals surface area contributed by atoms with Crippen LogP contribution in [0.3, 0.4) is 0 Å². The van der Waals surface area contributed by atoms with Gasteiger partial charge < -0.3 is 10.1 Å². The number of non-ortho nitro benzene ring substituents is 1. The van der Waals surface area contributed by atoms with Crippen molar-refractivity contribution in [1.29, 1.82) is 0 Å². The van der Waals surface area contributed by atoms with Gasteiger partial charge in [0.05, 0.1) is 11.5 Å². The summed E-state index contributed by atoms with van der Waals surface area (Å²) in [6.45, 7) is 4.07. The van der Waals surface area contributed by atoms with Gasteiger partial charge in [0.2, 0.25) is 0 Å². The van der Waals surface area contributed by atoms with E-state index >= 15 is 0 Å². The van der Waals surface area contributed by atoms with E-state index in [0.29, 0.717) is 25.1 Å². The number of nitro benzene ring substituents is 1. The highest BCUT2D eigenvalue weighted by Gasteiger charge is 2.14. The highest BCUT2D eigenvalue weighted by Crippen LogP contribution is 2.17. The first-order valence-corrected chi connectivity index (χ1v) is 6.64. The van der Waals surface area contributed by atoms with Crippen LogP contribution in [0.25, 0.3) is 0 Å². The smallest absolute Gasteiger partial charge is 0.305 e. The van der Waals surface area contributed by atoms with Crippen LogP contribution < -0.4 is 5.32 Å². The zero-order valence-electron chi connectivity index (χ0n) is 12.0. The van der Waals surface area contributed by atoms with Crippen LogP contribution in [0.2, 0.25) is 0 Å². The van der Waals surface area contributed by atoms with Gasteiger partial charge in [0.25, 0.3) is 11.6 Å². The molecule has 0 spiro atoms. The van der Waals surface area contributed by atoms with Gasteiger partial charge in [-0.1, -0.05) is 6.07 Å².